The van der Waals surface area contributed by atoms with Gasteiger partial charge in [0.05, 0.1) is 17.6 Å². The minimum Gasteiger partial charge on any atom is -0.478 e. The molecule has 4 saturated carbocycles. The van der Waals surface area contributed by atoms with Crippen molar-refractivity contribution in [1.29, 1.82) is 0 Å². The van der Waals surface area contributed by atoms with Crippen molar-refractivity contribution in [2.45, 2.75) is 113 Å². The van der Waals surface area contributed by atoms with Gasteiger partial charge in [-0.3, -0.25) is 4.79 Å². The molecule has 0 spiro atoms. The van der Waals surface area contributed by atoms with Crippen LogP contribution < -0.4 is 0 Å². The molecule has 5 aliphatic carbocycles. The second-order valence-electron chi connectivity index (χ2n) is 19.6. The molecule has 0 unspecified atom stereocenters. The summed E-state index contributed by atoms with van der Waals surface area (Å²) in [5, 5.41) is 19.7. The van der Waals surface area contributed by atoms with E-state index >= 15 is 4.79 Å². The van der Waals surface area contributed by atoms with Crippen LogP contribution in [0, 0.1) is 56.2 Å². The fourth-order valence-electron chi connectivity index (χ4n) is 14.4. The Morgan fingerprint density at radius 1 is 0.824 bits per heavy atom. The predicted molar refractivity (Wildman–Crippen MR) is 207 cm³/mol. The molecule has 5 aliphatic rings. The van der Waals surface area contributed by atoms with Crippen molar-refractivity contribution >= 4 is 17.4 Å². The molecule has 51 heavy (non-hydrogen) atoms. The number of fused-ring (bicyclic) bond motifs is 7. The number of carboxylic acids is 1. The molecule has 6 heteroatoms. The second kappa shape index (κ2) is 13.1. The number of aliphatic hydroxyl groups is 1. The lowest BCUT2D eigenvalue weighted by molar-refractivity contribution is -0.250. The van der Waals surface area contributed by atoms with E-state index in [-0.39, 0.29) is 33.7 Å². The number of hydrogen-bond acceptors (Lipinski definition) is 4. The summed E-state index contributed by atoms with van der Waals surface area (Å²) in [7, 11) is 4.12. The molecule has 1 aromatic rings. The molecular formula is C45H68N2O4. The number of amides is 1. The average Bonchev–Trinajstić information content (AvgIpc) is 3.34. The standard InChI is InChI=1S/C45H68N2O4/c1-30(2)29-33-17-22-45(39(51)47(27-28-48)26-25-46(9)10)24-23-43(7)37(44(33,45)8)16-15-36-41(5)20-18-34(31-11-13-32(14-12-31)38(49)50)40(3,4)35(41)19-21-42(36,43)6/h11-14,18,33,35-37,48H,1,15-17,19-29H2,2-10H3,(H,49,50)/t33-,35-,36+,37-,41-,42+,43+,44+,45+/m0/s1. The van der Waals surface area contributed by atoms with Gasteiger partial charge in [-0.1, -0.05) is 65.3 Å². The largest absolute Gasteiger partial charge is 0.478 e. The number of aromatic carboxylic acids is 1. The number of nitrogens with zero attached hydrogens (tertiary/aromatic N) is 2. The van der Waals surface area contributed by atoms with Gasteiger partial charge in [-0.15, -0.1) is 6.58 Å². The van der Waals surface area contributed by atoms with Crippen molar-refractivity contribution < 1.29 is 19.8 Å². The third-order valence-electron chi connectivity index (χ3n) is 17.0. The highest BCUT2D eigenvalue weighted by atomic mass is 16.4. The van der Waals surface area contributed by atoms with E-state index in [1.165, 1.54) is 36.8 Å². The highest BCUT2D eigenvalue weighted by molar-refractivity contribution is 5.88. The summed E-state index contributed by atoms with van der Waals surface area (Å²) in [6.45, 7) is 23.8. The first-order valence-corrected chi connectivity index (χ1v) is 20.1. The van der Waals surface area contributed by atoms with Crippen molar-refractivity contribution in [3.63, 3.8) is 0 Å². The van der Waals surface area contributed by atoms with Crippen LogP contribution in [0.3, 0.4) is 0 Å². The van der Waals surface area contributed by atoms with Crippen molar-refractivity contribution in [3.8, 4) is 0 Å². The zero-order valence-corrected chi connectivity index (χ0v) is 33.4. The molecule has 4 fully saturated rings. The van der Waals surface area contributed by atoms with E-state index in [1.807, 2.05) is 17.0 Å². The quantitative estimate of drug-likeness (QED) is 0.238. The van der Waals surface area contributed by atoms with Gasteiger partial charge in [-0.05, 0) is 159 Å². The summed E-state index contributed by atoms with van der Waals surface area (Å²) in [6.07, 6.45) is 13.4. The van der Waals surface area contributed by atoms with E-state index in [2.05, 4.69) is 80.1 Å². The maximum absolute atomic E-state index is 15.1. The number of benzene rings is 1. The number of hydrogen-bond donors (Lipinski definition) is 2. The smallest absolute Gasteiger partial charge is 0.335 e. The number of rotatable bonds is 10. The molecule has 6 nitrogen and oxygen atoms in total. The number of carbonyl (C=O) groups excluding carboxylic acids is 1. The highest BCUT2D eigenvalue weighted by Crippen LogP contribution is 2.80. The van der Waals surface area contributed by atoms with E-state index < -0.39 is 11.4 Å². The molecule has 2 N–H and O–H groups in total. The Bertz CT molecular complexity index is 1560. The third-order valence-corrected chi connectivity index (χ3v) is 17.0. The first kappa shape index (κ1) is 38.3. The zero-order valence-electron chi connectivity index (χ0n) is 33.4. The first-order valence-electron chi connectivity index (χ1n) is 20.1. The van der Waals surface area contributed by atoms with Gasteiger partial charge >= 0.3 is 5.97 Å². The van der Waals surface area contributed by atoms with Crippen LogP contribution in [-0.4, -0.2) is 72.2 Å². The summed E-state index contributed by atoms with van der Waals surface area (Å²) >= 11 is 0. The molecule has 9 atom stereocenters. The molecule has 0 radical (unpaired) electrons. The summed E-state index contributed by atoms with van der Waals surface area (Å²) in [6, 6.07) is 7.54. The van der Waals surface area contributed by atoms with E-state index in [1.54, 1.807) is 12.1 Å². The highest BCUT2D eigenvalue weighted by Gasteiger charge is 2.75. The maximum Gasteiger partial charge on any atom is 0.335 e. The number of carboxylic acid groups (broad SMARTS) is 1. The third kappa shape index (κ3) is 5.53. The Morgan fingerprint density at radius 3 is 2.08 bits per heavy atom. The van der Waals surface area contributed by atoms with E-state index in [0.717, 1.165) is 50.6 Å². The molecule has 0 aliphatic heterocycles. The van der Waals surface area contributed by atoms with Crippen LogP contribution >= 0.6 is 0 Å². The van der Waals surface area contributed by atoms with Crippen LogP contribution in [0.1, 0.15) is 129 Å². The summed E-state index contributed by atoms with van der Waals surface area (Å²) in [5.41, 5.74) is 3.98. The minimum atomic E-state index is -0.879. The van der Waals surface area contributed by atoms with Crippen molar-refractivity contribution in [2.24, 2.45) is 56.2 Å². The number of aliphatic hydroxyl groups excluding tert-OH is 1. The summed E-state index contributed by atoms with van der Waals surface area (Å²) < 4.78 is 0. The fraction of sp³-hybridized carbons (Fsp3) is 0.733. The molecule has 0 heterocycles. The van der Waals surface area contributed by atoms with Crippen LogP contribution in [0.15, 0.2) is 42.5 Å². The van der Waals surface area contributed by atoms with Crippen molar-refractivity contribution in [2.75, 3.05) is 40.3 Å². The first-order chi connectivity index (χ1) is 23.8. The van der Waals surface area contributed by atoms with Crippen LogP contribution in [-0.2, 0) is 4.79 Å². The number of allylic oxidation sites excluding steroid dienone is 3. The molecule has 1 amide bonds. The lowest BCUT2D eigenvalue weighted by atomic mass is 9.30. The Kier molecular flexibility index (Phi) is 9.87. The molecule has 6 rings (SSSR count). The Balaban J connectivity index is 1.38. The molecule has 0 saturated heterocycles. The van der Waals surface area contributed by atoms with Crippen LogP contribution in [0.5, 0.6) is 0 Å². The topological polar surface area (TPSA) is 81.1 Å². The number of carbonyl (C=O) groups is 2. The van der Waals surface area contributed by atoms with Gasteiger partial charge in [0.25, 0.3) is 0 Å². The SMILES string of the molecule is C=C(C)C[C@@H]1CC[C@]2(C(=O)N(CCO)CCN(C)C)CC[C@]3(C)[C@H](CC[C@@H]4[C@@]5(C)CC=C(c6ccc(C(=O)O)cc6)C(C)(C)[C@@H]5CC[C@]43C)[C@@]12C. The van der Waals surface area contributed by atoms with E-state index in [9.17, 15) is 15.0 Å². The van der Waals surface area contributed by atoms with E-state index in [0.29, 0.717) is 48.2 Å². The molecule has 1 aromatic carbocycles. The normalized spacial score (nSPS) is 39.6. The maximum atomic E-state index is 15.1. The Labute approximate surface area is 309 Å². The molecule has 0 aromatic heterocycles. The van der Waals surface area contributed by atoms with Gasteiger partial charge in [0.2, 0.25) is 5.91 Å². The van der Waals surface area contributed by atoms with Gasteiger partial charge in [0.15, 0.2) is 0 Å². The van der Waals surface area contributed by atoms with Crippen molar-refractivity contribution in [1.82, 2.24) is 9.80 Å². The van der Waals surface area contributed by atoms with E-state index in [4.69, 9.17) is 0 Å². The van der Waals surface area contributed by atoms with Crippen LogP contribution in [0.25, 0.3) is 5.57 Å². The fourth-order valence-corrected chi connectivity index (χ4v) is 14.4. The lowest BCUT2D eigenvalue weighted by Gasteiger charge is -2.74. The van der Waals surface area contributed by atoms with Crippen molar-refractivity contribution in [3.05, 3.63) is 53.6 Å². The second-order valence-corrected chi connectivity index (χ2v) is 19.6. The summed E-state index contributed by atoms with van der Waals surface area (Å²) in [4.78, 5) is 30.9. The molecular weight excluding hydrogens is 633 g/mol. The Hall–Kier alpha value is -2.44. The average molecular weight is 701 g/mol. The monoisotopic (exact) mass is 701 g/mol. The molecule has 282 valence electrons. The molecule has 0 bridgehead atoms. The minimum absolute atomic E-state index is 0.00194. The van der Waals surface area contributed by atoms with Crippen LogP contribution in [0.4, 0.5) is 0 Å². The van der Waals surface area contributed by atoms with Gasteiger partial charge in [0, 0.05) is 19.6 Å². The summed E-state index contributed by atoms with van der Waals surface area (Å²) in [5.74, 6) is 1.44. The predicted octanol–water partition coefficient (Wildman–Crippen LogP) is 9.20. The van der Waals surface area contributed by atoms with Gasteiger partial charge in [0.1, 0.15) is 0 Å². The van der Waals surface area contributed by atoms with Gasteiger partial charge in [-0.2, -0.15) is 0 Å². The Morgan fingerprint density at radius 2 is 1.47 bits per heavy atom. The van der Waals surface area contributed by atoms with Crippen LogP contribution in [0.2, 0.25) is 0 Å². The van der Waals surface area contributed by atoms with Gasteiger partial charge in [-0.25, -0.2) is 4.79 Å². The lowest BCUT2D eigenvalue weighted by Crippen LogP contribution is -2.69. The van der Waals surface area contributed by atoms with Gasteiger partial charge < -0.3 is 20.0 Å². The zero-order chi connectivity index (χ0) is 37.4. The number of likely N-dealkylation sites (N-methyl/N-ethyl adjacent to an activating group) is 1.